The molecule has 1 unspecified atom stereocenters. The van der Waals surface area contributed by atoms with E-state index in [0.29, 0.717) is 24.9 Å². The van der Waals surface area contributed by atoms with Crippen molar-refractivity contribution in [1.82, 2.24) is 4.90 Å². The summed E-state index contributed by atoms with van der Waals surface area (Å²) in [6.45, 7) is 0.665. The Labute approximate surface area is 121 Å². The third kappa shape index (κ3) is 3.88. The number of aliphatic carboxylic acids is 1. The van der Waals surface area contributed by atoms with Gasteiger partial charge < -0.3 is 15.1 Å². The number of carbonyl (C=O) groups is 2. The highest BCUT2D eigenvalue weighted by molar-refractivity contribution is 5.95. The van der Waals surface area contributed by atoms with Crippen LogP contribution in [-0.2, 0) is 4.79 Å². The van der Waals surface area contributed by atoms with Gasteiger partial charge in [0, 0.05) is 19.2 Å². The molecule has 112 valence electrons. The largest absolute Gasteiger partial charge is 0.478 e. The molecule has 1 aliphatic heterocycles. The van der Waals surface area contributed by atoms with E-state index in [1.807, 2.05) is 0 Å². The number of carboxylic acid groups (broad SMARTS) is 1. The summed E-state index contributed by atoms with van der Waals surface area (Å²) in [6, 6.07) is 3.85. The number of aliphatic hydroxyl groups is 1. The van der Waals surface area contributed by atoms with Crippen LogP contribution < -0.4 is 0 Å². The van der Waals surface area contributed by atoms with E-state index in [0.717, 1.165) is 12.1 Å². The van der Waals surface area contributed by atoms with Crippen molar-refractivity contribution in [2.75, 3.05) is 13.1 Å². The summed E-state index contributed by atoms with van der Waals surface area (Å²) >= 11 is 0. The molecule has 1 aliphatic rings. The lowest BCUT2D eigenvalue weighted by Gasteiger charge is -2.30. The van der Waals surface area contributed by atoms with Gasteiger partial charge in [-0.25, -0.2) is 9.18 Å². The first kappa shape index (κ1) is 15.2. The summed E-state index contributed by atoms with van der Waals surface area (Å²) in [4.78, 5) is 24.2. The predicted octanol–water partition coefficient (Wildman–Crippen LogP) is 1.52. The van der Waals surface area contributed by atoms with Crippen LogP contribution in [0.3, 0.4) is 0 Å². The molecule has 5 nitrogen and oxygen atoms in total. The van der Waals surface area contributed by atoms with Gasteiger partial charge in [-0.15, -0.1) is 0 Å². The molecule has 0 bridgehead atoms. The van der Waals surface area contributed by atoms with Crippen molar-refractivity contribution in [1.29, 1.82) is 0 Å². The molecule has 0 aliphatic carbocycles. The number of amides is 1. The fourth-order valence-corrected chi connectivity index (χ4v) is 2.29. The predicted molar refractivity (Wildman–Crippen MR) is 74.2 cm³/mol. The first-order valence-electron chi connectivity index (χ1n) is 6.65. The van der Waals surface area contributed by atoms with Crippen LogP contribution in [0, 0.1) is 5.82 Å². The van der Waals surface area contributed by atoms with E-state index in [4.69, 9.17) is 5.11 Å². The molecular formula is C15H16FNO4. The Kier molecular flexibility index (Phi) is 4.70. The molecule has 0 spiro atoms. The minimum Gasteiger partial charge on any atom is -0.478 e. The summed E-state index contributed by atoms with van der Waals surface area (Å²) in [5, 5.41) is 18.2. The molecule has 0 saturated carbocycles. The fourth-order valence-electron chi connectivity index (χ4n) is 2.29. The van der Waals surface area contributed by atoms with Crippen molar-refractivity contribution < 1.29 is 24.2 Å². The van der Waals surface area contributed by atoms with E-state index in [9.17, 15) is 19.1 Å². The number of piperidine rings is 1. The number of rotatable bonds is 3. The van der Waals surface area contributed by atoms with Gasteiger partial charge >= 0.3 is 5.97 Å². The van der Waals surface area contributed by atoms with Gasteiger partial charge in [0.1, 0.15) is 5.82 Å². The van der Waals surface area contributed by atoms with Crippen LogP contribution in [0.5, 0.6) is 0 Å². The first-order valence-corrected chi connectivity index (χ1v) is 6.65. The Balaban J connectivity index is 2.23. The van der Waals surface area contributed by atoms with Crippen LogP contribution in [0.1, 0.15) is 28.8 Å². The van der Waals surface area contributed by atoms with E-state index >= 15 is 0 Å². The summed E-state index contributed by atoms with van der Waals surface area (Å²) in [5.41, 5.74) is 0.316. The molecule has 21 heavy (non-hydrogen) atoms. The quantitative estimate of drug-likeness (QED) is 0.828. The van der Waals surface area contributed by atoms with Crippen LogP contribution in [0.15, 0.2) is 24.3 Å². The van der Waals surface area contributed by atoms with Crippen molar-refractivity contribution in [3.63, 3.8) is 0 Å². The highest BCUT2D eigenvalue weighted by Gasteiger charge is 2.25. The number of likely N-dealkylation sites (tertiary alicyclic amines) is 1. The van der Waals surface area contributed by atoms with Crippen molar-refractivity contribution in [3.8, 4) is 0 Å². The normalized spacial score (nSPS) is 19.0. The molecule has 1 aromatic rings. The number of hydrogen-bond acceptors (Lipinski definition) is 3. The molecule has 1 fully saturated rings. The molecule has 6 heteroatoms. The number of carbonyl (C=O) groups excluding carboxylic acids is 1. The number of halogens is 1. The Morgan fingerprint density at radius 2 is 2.14 bits per heavy atom. The van der Waals surface area contributed by atoms with Gasteiger partial charge in [0.2, 0.25) is 0 Å². The summed E-state index contributed by atoms with van der Waals surface area (Å²) in [5.74, 6) is -2.27. The lowest BCUT2D eigenvalue weighted by atomic mass is 10.0. The van der Waals surface area contributed by atoms with Gasteiger partial charge in [0.15, 0.2) is 0 Å². The maximum atomic E-state index is 13.8. The second-order valence-corrected chi connectivity index (χ2v) is 4.96. The third-order valence-electron chi connectivity index (χ3n) is 3.32. The monoisotopic (exact) mass is 293 g/mol. The van der Waals surface area contributed by atoms with Crippen LogP contribution >= 0.6 is 0 Å². The highest BCUT2D eigenvalue weighted by Crippen LogP contribution is 2.18. The number of aliphatic hydroxyl groups excluding tert-OH is 1. The maximum absolute atomic E-state index is 13.8. The van der Waals surface area contributed by atoms with Gasteiger partial charge in [0.05, 0.1) is 11.7 Å². The van der Waals surface area contributed by atoms with Gasteiger partial charge in [-0.2, -0.15) is 0 Å². The first-order chi connectivity index (χ1) is 9.97. The van der Waals surface area contributed by atoms with Crippen molar-refractivity contribution in [2.24, 2.45) is 0 Å². The molecule has 0 radical (unpaired) electrons. The van der Waals surface area contributed by atoms with Crippen LogP contribution in [-0.4, -0.2) is 46.2 Å². The Morgan fingerprint density at radius 3 is 2.81 bits per heavy atom. The average molecular weight is 293 g/mol. The Hall–Kier alpha value is -2.21. The SMILES string of the molecule is O=C(O)C=Cc1ccc(F)c(C(=O)N2CCCC(O)C2)c1. The van der Waals surface area contributed by atoms with E-state index < -0.39 is 23.8 Å². The molecule has 2 N–H and O–H groups in total. The van der Waals surface area contributed by atoms with E-state index in [1.165, 1.54) is 23.1 Å². The maximum Gasteiger partial charge on any atom is 0.328 e. The minimum absolute atomic E-state index is 0.114. The van der Waals surface area contributed by atoms with Gasteiger partial charge in [-0.1, -0.05) is 6.07 Å². The second-order valence-electron chi connectivity index (χ2n) is 4.96. The van der Waals surface area contributed by atoms with Crippen LogP contribution in [0.25, 0.3) is 6.08 Å². The zero-order chi connectivity index (χ0) is 15.4. The van der Waals surface area contributed by atoms with Gasteiger partial charge in [-0.3, -0.25) is 4.79 Å². The molecule has 1 saturated heterocycles. The topological polar surface area (TPSA) is 77.8 Å². The van der Waals surface area contributed by atoms with Gasteiger partial charge in [0.25, 0.3) is 5.91 Å². The van der Waals surface area contributed by atoms with Gasteiger partial charge in [-0.05, 0) is 36.6 Å². The third-order valence-corrected chi connectivity index (χ3v) is 3.32. The Morgan fingerprint density at radius 1 is 1.38 bits per heavy atom. The number of carboxylic acids is 1. The molecule has 0 aromatic heterocycles. The van der Waals surface area contributed by atoms with E-state index in [2.05, 4.69) is 0 Å². The molecular weight excluding hydrogens is 277 g/mol. The molecule has 1 amide bonds. The van der Waals surface area contributed by atoms with Crippen LogP contribution in [0.2, 0.25) is 0 Å². The van der Waals surface area contributed by atoms with Crippen molar-refractivity contribution in [2.45, 2.75) is 18.9 Å². The molecule has 1 atom stereocenters. The molecule has 1 heterocycles. The van der Waals surface area contributed by atoms with E-state index in [1.54, 1.807) is 0 Å². The fraction of sp³-hybridized carbons (Fsp3) is 0.333. The van der Waals surface area contributed by atoms with Crippen LogP contribution in [0.4, 0.5) is 4.39 Å². The average Bonchev–Trinajstić information content (AvgIpc) is 2.45. The smallest absolute Gasteiger partial charge is 0.328 e. The van der Waals surface area contributed by atoms with Crippen molar-refractivity contribution >= 4 is 18.0 Å². The van der Waals surface area contributed by atoms with Crippen molar-refractivity contribution in [3.05, 3.63) is 41.2 Å². The zero-order valence-corrected chi connectivity index (χ0v) is 11.3. The molecule has 2 rings (SSSR count). The highest BCUT2D eigenvalue weighted by atomic mass is 19.1. The zero-order valence-electron chi connectivity index (χ0n) is 11.3. The number of hydrogen-bond donors (Lipinski definition) is 2. The number of β-amino-alcohol motifs (C(OH)–C–C–N with tert-alkyl or cyclic N) is 1. The standard InChI is InChI=1S/C15H16FNO4/c16-13-5-3-10(4-6-14(19)20)8-12(13)15(21)17-7-1-2-11(18)9-17/h3-6,8,11,18H,1-2,7,9H2,(H,19,20). The van der Waals surface area contributed by atoms with E-state index in [-0.39, 0.29) is 12.1 Å². The summed E-state index contributed by atoms with van der Waals surface area (Å²) < 4.78 is 13.8. The second kappa shape index (κ2) is 6.49. The number of nitrogens with zero attached hydrogens (tertiary/aromatic N) is 1. The number of benzene rings is 1. The minimum atomic E-state index is -1.12. The Bertz CT molecular complexity index is 585. The lowest BCUT2D eigenvalue weighted by molar-refractivity contribution is -0.131. The molecule has 1 aromatic carbocycles. The lowest BCUT2D eigenvalue weighted by Crippen LogP contribution is -2.42. The summed E-state index contributed by atoms with van der Waals surface area (Å²) in [6.07, 6.45) is 2.94. The summed E-state index contributed by atoms with van der Waals surface area (Å²) in [7, 11) is 0.